The van der Waals surface area contributed by atoms with Gasteiger partial charge in [0.05, 0.1) is 5.75 Å². The van der Waals surface area contributed by atoms with Crippen LogP contribution in [0, 0.1) is 5.82 Å². The topological polar surface area (TPSA) is 49.4 Å². The van der Waals surface area contributed by atoms with Gasteiger partial charge >= 0.3 is 0 Å². The number of hydrogen-bond acceptors (Lipinski definition) is 3. The van der Waals surface area contributed by atoms with Crippen LogP contribution in [0.2, 0.25) is 0 Å². The molecule has 1 saturated heterocycles. The van der Waals surface area contributed by atoms with E-state index in [1.807, 2.05) is 42.5 Å². The van der Waals surface area contributed by atoms with Gasteiger partial charge in [-0.3, -0.25) is 14.5 Å². The van der Waals surface area contributed by atoms with Gasteiger partial charge in [0.15, 0.2) is 0 Å². The van der Waals surface area contributed by atoms with Crippen molar-refractivity contribution >= 4 is 35.0 Å². The second kappa shape index (κ2) is 7.86. The number of nitrogens with zero attached hydrogens (tertiary/aromatic N) is 1. The molecule has 140 valence electrons. The summed E-state index contributed by atoms with van der Waals surface area (Å²) in [5.41, 5.74) is 2.71. The molecule has 1 N–H and O–H groups in total. The van der Waals surface area contributed by atoms with E-state index in [9.17, 15) is 14.0 Å². The number of amides is 2. The number of nitrogens with one attached hydrogen (secondary N) is 1. The minimum atomic E-state index is -0.375. The molecule has 0 unspecified atom stereocenters. The zero-order valence-corrected chi connectivity index (χ0v) is 15.7. The van der Waals surface area contributed by atoms with Crippen molar-refractivity contribution in [1.29, 1.82) is 0 Å². The summed E-state index contributed by atoms with van der Waals surface area (Å²) in [7, 11) is 0. The Balaban J connectivity index is 1.53. The Bertz CT molecular complexity index is 1010. The normalized spacial score (nSPS) is 16.2. The Labute approximate surface area is 166 Å². The Morgan fingerprint density at radius 2 is 1.75 bits per heavy atom. The third-order valence-corrected chi connectivity index (χ3v) is 5.66. The predicted molar refractivity (Wildman–Crippen MR) is 110 cm³/mol. The van der Waals surface area contributed by atoms with E-state index in [1.165, 1.54) is 23.9 Å². The molecule has 0 radical (unpaired) electrons. The second-order valence-electron chi connectivity index (χ2n) is 6.35. The highest BCUT2D eigenvalue weighted by atomic mass is 32.2. The van der Waals surface area contributed by atoms with Gasteiger partial charge in [-0.05, 0) is 48.0 Å². The summed E-state index contributed by atoms with van der Waals surface area (Å²) in [6, 6.07) is 22.4. The van der Waals surface area contributed by atoms with Gasteiger partial charge in [-0.2, -0.15) is 0 Å². The van der Waals surface area contributed by atoms with Crippen LogP contribution in [0.3, 0.4) is 0 Å². The van der Waals surface area contributed by atoms with Crippen molar-refractivity contribution in [3.8, 4) is 0 Å². The first-order valence-electron chi connectivity index (χ1n) is 8.77. The fraction of sp³-hybridized carbons (Fsp3) is 0.0909. The van der Waals surface area contributed by atoms with Crippen LogP contribution in [0.1, 0.15) is 21.3 Å². The van der Waals surface area contributed by atoms with Crippen LogP contribution in [0.4, 0.5) is 15.8 Å². The maximum Gasteiger partial charge on any atom is 0.255 e. The van der Waals surface area contributed by atoms with Crippen molar-refractivity contribution in [2.45, 2.75) is 5.37 Å². The molecule has 3 aromatic carbocycles. The third-order valence-electron chi connectivity index (χ3n) is 4.44. The molecule has 1 aliphatic rings. The molecular formula is C22H17FN2O2S. The fourth-order valence-corrected chi connectivity index (χ4v) is 4.28. The number of carbonyl (C=O) groups excluding carboxylic acids is 2. The molecule has 1 atom stereocenters. The maximum absolute atomic E-state index is 13.6. The van der Waals surface area contributed by atoms with Gasteiger partial charge in [0.25, 0.3) is 5.91 Å². The number of carbonyl (C=O) groups is 2. The zero-order chi connectivity index (χ0) is 19.5. The summed E-state index contributed by atoms with van der Waals surface area (Å²) in [6.07, 6.45) is 0. The van der Waals surface area contributed by atoms with E-state index in [2.05, 4.69) is 5.32 Å². The predicted octanol–water partition coefficient (Wildman–Crippen LogP) is 4.86. The van der Waals surface area contributed by atoms with Gasteiger partial charge in [0, 0.05) is 16.9 Å². The summed E-state index contributed by atoms with van der Waals surface area (Å²) in [5, 5.41) is 2.63. The molecule has 6 heteroatoms. The van der Waals surface area contributed by atoms with Crippen LogP contribution in [-0.4, -0.2) is 17.6 Å². The van der Waals surface area contributed by atoms with E-state index in [1.54, 1.807) is 29.2 Å². The molecule has 0 aromatic heterocycles. The smallest absolute Gasteiger partial charge is 0.255 e. The SMILES string of the molecule is O=C(Nc1ccc([C@H]2SCC(=O)N2c2cccc(F)c2)cc1)c1ccccc1. The van der Waals surface area contributed by atoms with Crippen LogP contribution in [-0.2, 0) is 4.79 Å². The van der Waals surface area contributed by atoms with Crippen LogP contribution in [0.25, 0.3) is 0 Å². The average Bonchev–Trinajstić information content (AvgIpc) is 3.10. The highest BCUT2D eigenvalue weighted by Crippen LogP contribution is 2.42. The zero-order valence-electron chi connectivity index (χ0n) is 14.8. The van der Waals surface area contributed by atoms with E-state index in [0.29, 0.717) is 22.7 Å². The van der Waals surface area contributed by atoms with E-state index >= 15 is 0 Å². The van der Waals surface area contributed by atoms with Crippen molar-refractivity contribution in [2.24, 2.45) is 0 Å². The molecule has 3 aromatic rings. The summed E-state index contributed by atoms with van der Waals surface area (Å²) >= 11 is 1.50. The van der Waals surface area contributed by atoms with Gasteiger partial charge in [-0.15, -0.1) is 11.8 Å². The Hall–Kier alpha value is -3.12. The summed E-state index contributed by atoms with van der Waals surface area (Å²) < 4.78 is 13.6. The number of anilines is 2. The first-order chi connectivity index (χ1) is 13.6. The van der Waals surface area contributed by atoms with Crippen LogP contribution >= 0.6 is 11.8 Å². The monoisotopic (exact) mass is 392 g/mol. The molecule has 2 amide bonds. The van der Waals surface area contributed by atoms with E-state index in [0.717, 1.165) is 5.56 Å². The Kier molecular flexibility index (Phi) is 5.12. The van der Waals surface area contributed by atoms with E-state index in [4.69, 9.17) is 0 Å². The van der Waals surface area contributed by atoms with Crippen molar-refractivity contribution in [2.75, 3.05) is 16.0 Å². The molecule has 4 nitrogen and oxygen atoms in total. The highest BCUT2D eigenvalue weighted by Gasteiger charge is 2.34. The van der Waals surface area contributed by atoms with E-state index < -0.39 is 0 Å². The molecule has 1 aliphatic heterocycles. The summed E-state index contributed by atoms with van der Waals surface area (Å²) in [6.45, 7) is 0. The van der Waals surface area contributed by atoms with E-state index in [-0.39, 0.29) is 23.0 Å². The lowest BCUT2D eigenvalue weighted by atomic mass is 10.1. The van der Waals surface area contributed by atoms with Gasteiger partial charge in [0.1, 0.15) is 11.2 Å². The lowest BCUT2D eigenvalue weighted by molar-refractivity contribution is -0.115. The molecule has 28 heavy (non-hydrogen) atoms. The second-order valence-corrected chi connectivity index (χ2v) is 7.42. The molecule has 0 spiro atoms. The summed E-state index contributed by atoms with van der Waals surface area (Å²) in [5.74, 6) is -0.268. The molecular weight excluding hydrogens is 375 g/mol. The minimum absolute atomic E-state index is 0.0537. The standard InChI is InChI=1S/C22H17FN2O2S/c23-17-7-4-8-19(13-17)25-20(26)14-28-22(25)16-9-11-18(12-10-16)24-21(27)15-5-2-1-3-6-15/h1-13,22H,14H2,(H,24,27)/t22-/m1/s1. The quantitative estimate of drug-likeness (QED) is 0.690. The first kappa shape index (κ1) is 18.3. The van der Waals surface area contributed by atoms with Crippen LogP contribution in [0.5, 0.6) is 0 Å². The Morgan fingerprint density at radius 1 is 1.00 bits per heavy atom. The minimum Gasteiger partial charge on any atom is -0.322 e. The molecule has 0 bridgehead atoms. The van der Waals surface area contributed by atoms with Gasteiger partial charge < -0.3 is 5.32 Å². The number of hydrogen-bond donors (Lipinski definition) is 1. The number of thioether (sulfide) groups is 1. The molecule has 4 rings (SSSR count). The molecule has 1 fully saturated rings. The van der Waals surface area contributed by atoms with Gasteiger partial charge in [-0.25, -0.2) is 4.39 Å². The van der Waals surface area contributed by atoms with Gasteiger partial charge in [-0.1, -0.05) is 36.4 Å². The maximum atomic E-state index is 13.6. The first-order valence-corrected chi connectivity index (χ1v) is 9.82. The van der Waals surface area contributed by atoms with Crippen molar-refractivity contribution in [3.63, 3.8) is 0 Å². The summed E-state index contributed by atoms with van der Waals surface area (Å²) in [4.78, 5) is 26.2. The van der Waals surface area contributed by atoms with Crippen molar-refractivity contribution in [1.82, 2.24) is 0 Å². The van der Waals surface area contributed by atoms with Crippen molar-refractivity contribution < 1.29 is 14.0 Å². The molecule has 0 aliphatic carbocycles. The molecule has 0 saturated carbocycles. The third kappa shape index (κ3) is 3.77. The number of rotatable bonds is 4. The average molecular weight is 392 g/mol. The lowest BCUT2D eigenvalue weighted by Gasteiger charge is -2.24. The van der Waals surface area contributed by atoms with Gasteiger partial charge in [0.2, 0.25) is 5.91 Å². The number of benzene rings is 3. The molecule has 1 heterocycles. The Morgan fingerprint density at radius 3 is 2.46 bits per heavy atom. The van der Waals surface area contributed by atoms with Crippen molar-refractivity contribution in [3.05, 3.63) is 95.8 Å². The fourth-order valence-electron chi connectivity index (χ4n) is 3.10. The highest BCUT2D eigenvalue weighted by molar-refractivity contribution is 8.00. The number of halogens is 1. The van der Waals surface area contributed by atoms with Crippen LogP contribution in [0.15, 0.2) is 78.9 Å². The lowest BCUT2D eigenvalue weighted by Crippen LogP contribution is -2.27. The van der Waals surface area contributed by atoms with Crippen LogP contribution < -0.4 is 10.2 Å². The largest absolute Gasteiger partial charge is 0.322 e.